The predicted octanol–water partition coefficient (Wildman–Crippen LogP) is 1.58. The molecule has 4 N–H and O–H groups in total. The number of ether oxygens (including phenoxy) is 1. The zero-order valence-electron chi connectivity index (χ0n) is 12.6. The molecule has 23 heavy (non-hydrogen) atoms. The lowest BCUT2D eigenvalue weighted by Gasteiger charge is -2.19. The first-order chi connectivity index (χ1) is 10.7. The van der Waals surface area contributed by atoms with Crippen molar-refractivity contribution < 1.29 is 29.3 Å². The normalized spacial score (nSPS) is 12.9. The molecule has 0 aliphatic rings. The molecule has 1 aromatic rings. The Morgan fingerprint density at radius 2 is 2.00 bits per heavy atom. The number of hydrogen-bond acceptors (Lipinski definition) is 5. The van der Waals surface area contributed by atoms with Crippen LogP contribution in [0.2, 0.25) is 0 Å². The van der Waals surface area contributed by atoms with Crippen molar-refractivity contribution in [3.63, 3.8) is 0 Å². The van der Waals surface area contributed by atoms with Gasteiger partial charge in [-0.1, -0.05) is 15.9 Å². The van der Waals surface area contributed by atoms with Gasteiger partial charge in [-0.2, -0.15) is 0 Å². The molecule has 0 heterocycles. The van der Waals surface area contributed by atoms with Gasteiger partial charge in [-0.3, -0.25) is 0 Å². The van der Waals surface area contributed by atoms with Crippen molar-refractivity contribution in [1.82, 2.24) is 5.32 Å². The highest BCUT2D eigenvalue weighted by Gasteiger charge is 2.30. The van der Waals surface area contributed by atoms with Crippen LogP contribution in [0.4, 0.5) is 10.5 Å². The smallest absolute Gasteiger partial charge is 0.340 e. The van der Waals surface area contributed by atoms with Crippen molar-refractivity contribution in [2.75, 3.05) is 18.5 Å². The van der Waals surface area contributed by atoms with E-state index in [1.807, 2.05) is 0 Å². The van der Waals surface area contributed by atoms with Crippen LogP contribution in [0.3, 0.4) is 0 Å². The second-order valence-corrected chi connectivity index (χ2v) is 5.71. The van der Waals surface area contributed by atoms with Crippen LogP contribution >= 0.6 is 15.9 Å². The maximum atomic E-state index is 11.9. The van der Waals surface area contributed by atoms with Gasteiger partial charge in [0.05, 0.1) is 24.4 Å². The Morgan fingerprint density at radius 1 is 1.35 bits per heavy atom. The number of amides is 2. The van der Waals surface area contributed by atoms with Gasteiger partial charge in [0, 0.05) is 4.47 Å². The summed E-state index contributed by atoms with van der Waals surface area (Å²) < 4.78 is 5.53. The number of hydrogen-bond donors (Lipinski definition) is 4. The van der Waals surface area contributed by atoms with Crippen LogP contribution in [-0.2, 0) is 9.53 Å². The number of urea groups is 1. The van der Waals surface area contributed by atoms with E-state index >= 15 is 0 Å². The lowest BCUT2D eigenvalue weighted by atomic mass is 10.1. The number of carbonyl (C=O) groups excluding carboxylic acids is 2. The molecular formula is C14H17BrN2O6. The van der Waals surface area contributed by atoms with Crippen molar-refractivity contribution in [2.45, 2.75) is 19.4 Å². The number of carbonyl (C=O) groups is 3. The van der Waals surface area contributed by atoms with Gasteiger partial charge in [-0.25, -0.2) is 14.4 Å². The SMILES string of the molecule is CCOC(=O)c1cc(Br)ccc1NC(=O)NCC(C)(O)C(=O)O. The van der Waals surface area contributed by atoms with Gasteiger partial charge in [-0.15, -0.1) is 0 Å². The fourth-order valence-electron chi connectivity index (χ4n) is 1.50. The van der Waals surface area contributed by atoms with Gasteiger partial charge in [0.2, 0.25) is 0 Å². The van der Waals surface area contributed by atoms with E-state index in [1.54, 1.807) is 13.0 Å². The van der Waals surface area contributed by atoms with Gasteiger partial charge < -0.3 is 25.6 Å². The molecule has 0 bridgehead atoms. The maximum absolute atomic E-state index is 11.9. The second-order valence-electron chi connectivity index (χ2n) is 4.80. The topological polar surface area (TPSA) is 125 Å². The molecule has 0 aliphatic carbocycles. The molecule has 9 heteroatoms. The zero-order chi connectivity index (χ0) is 17.6. The molecule has 0 aliphatic heterocycles. The summed E-state index contributed by atoms with van der Waals surface area (Å²) in [6.07, 6.45) is 0. The third-order valence-corrected chi connectivity index (χ3v) is 3.27. The molecular weight excluding hydrogens is 372 g/mol. The van der Waals surface area contributed by atoms with Crippen LogP contribution in [0.1, 0.15) is 24.2 Å². The van der Waals surface area contributed by atoms with Gasteiger partial charge in [0.25, 0.3) is 0 Å². The van der Waals surface area contributed by atoms with E-state index in [0.29, 0.717) is 4.47 Å². The number of nitrogens with one attached hydrogen (secondary N) is 2. The summed E-state index contributed by atoms with van der Waals surface area (Å²) in [4.78, 5) is 34.4. The molecule has 1 rings (SSSR count). The number of aliphatic hydroxyl groups is 1. The summed E-state index contributed by atoms with van der Waals surface area (Å²) >= 11 is 3.22. The van der Waals surface area contributed by atoms with Crippen molar-refractivity contribution in [2.24, 2.45) is 0 Å². The number of aliphatic carboxylic acids is 1. The number of carboxylic acid groups (broad SMARTS) is 1. The largest absolute Gasteiger partial charge is 0.479 e. The van der Waals surface area contributed by atoms with Crippen molar-refractivity contribution in [1.29, 1.82) is 0 Å². The Kier molecular flexibility index (Phi) is 6.52. The first-order valence-corrected chi connectivity index (χ1v) is 7.44. The lowest BCUT2D eigenvalue weighted by Crippen LogP contribution is -2.47. The molecule has 0 spiro atoms. The fraction of sp³-hybridized carbons (Fsp3) is 0.357. The summed E-state index contributed by atoms with van der Waals surface area (Å²) in [7, 11) is 0. The minimum atomic E-state index is -2.10. The Hall–Kier alpha value is -2.13. The summed E-state index contributed by atoms with van der Waals surface area (Å²) in [6, 6.07) is 3.83. The second kappa shape index (κ2) is 7.93. The quantitative estimate of drug-likeness (QED) is 0.548. The summed E-state index contributed by atoms with van der Waals surface area (Å²) in [5, 5.41) is 22.9. The van der Waals surface area contributed by atoms with E-state index in [2.05, 4.69) is 26.6 Å². The zero-order valence-corrected chi connectivity index (χ0v) is 14.1. The van der Waals surface area contributed by atoms with Crippen LogP contribution in [-0.4, -0.2) is 46.9 Å². The van der Waals surface area contributed by atoms with Gasteiger partial charge in [0.1, 0.15) is 0 Å². The highest BCUT2D eigenvalue weighted by atomic mass is 79.9. The molecule has 0 aromatic heterocycles. The lowest BCUT2D eigenvalue weighted by molar-refractivity contribution is -0.155. The highest BCUT2D eigenvalue weighted by molar-refractivity contribution is 9.10. The van der Waals surface area contributed by atoms with Crippen LogP contribution in [0, 0.1) is 0 Å². The standard InChI is InChI=1S/C14H17BrN2O6/c1-3-23-11(18)9-6-8(15)4-5-10(9)17-13(21)16-7-14(2,22)12(19)20/h4-6,22H,3,7H2,1-2H3,(H,19,20)(H2,16,17,21). The molecule has 0 saturated carbocycles. The van der Waals surface area contributed by atoms with Crippen molar-refractivity contribution >= 4 is 39.6 Å². The molecule has 0 fully saturated rings. The van der Waals surface area contributed by atoms with Crippen LogP contribution in [0.5, 0.6) is 0 Å². The van der Waals surface area contributed by atoms with Gasteiger partial charge in [0.15, 0.2) is 5.60 Å². The van der Waals surface area contributed by atoms with Crippen LogP contribution < -0.4 is 10.6 Å². The third kappa shape index (κ3) is 5.53. The third-order valence-electron chi connectivity index (χ3n) is 2.78. The first-order valence-electron chi connectivity index (χ1n) is 6.64. The monoisotopic (exact) mass is 388 g/mol. The molecule has 1 aromatic carbocycles. The summed E-state index contributed by atoms with van der Waals surface area (Å²) in [5.74, 6) is -2.07. The molecule has 2 amide bonds. The average molecular weight is 389 g/mol. The Bertz CT molecular complexity index is 617. The molecule has 1 atom stereocenters. The minimum Gasteiger partial charge on any atom is -0.479 e. The predicted molar refractivity (Wildman–Crippen MR) is 85.4 cm³/mol. The highest BCUT2D eigenvalue weighted by Crippen LogP contribution is 2.22. The molecule has 1 unspecified atom stereocenters. The van der Waals surface area contributed by atoms with Crippen LogP contribution in [0.25, 0.3) is 0 Å². The number of carboxylic acids is 1. The number of anilines is 1. The summed E-state index contributed by atoms with van der Waals surface area (Å²) in [5.41, 5.74) is -1.76. The van der Waals surface area contributed by atoms with Gasteiger partial charge >= 0.3 is 18.0 Å². The molecule has 0 saturated heterocycles. The van der Waals surface area contributed by atoms with Crippen LogP contribution in [0.15, 0.2) is 22.7 Å². The minimum absolute atomic E-state index is 0.140. The number of rotatable bonds is 6. The molecule has 0 radical (unpaired) electrons. The van der Waals surface area contributed by atoms with Crippen molar-refractivity contribution in [3.8, 4) is 0 Å². The van der Waals surface area contributed by atoms with E-state index in [4.69, 9.17) is 9.84 Å². The summed E-state index contributed by atoms with van der Waals surface area (Å²) in [6.45, 7) is 2.39. The van der Waals surface area contributed by atoms with E-state index in [1.165, 1.54) is 12.1 Å². The maximum Gasteiger partial charge on any atom is 0.340 e. The van der Waals surface area contributed by atoms with E-state index in [-0.39, 0.29) is 17.9 Å². The number of esters is 1. The van der Waals surface area contributed by atoms with E-state index < -0.39 is 30.1 Å². The van der Waals surface area contributed by atoms with Gasteiger partial charge in [-0.05, 0) is 32.0 Å². The Balaban J connectivity index is 2.82. The van der Waals surface area contributed by atoms with E-state index in [0.717, 1.165) is 6.92 Å². The Labute approximate surface area is 141 Å². The Morgan fingerprint density at radius 3 is 2.57 bits per heavy atom. The number of halogens is 1. The molecule has 126 valence electrons. The average Bonchev–Trinajstić information content (AvgIpc) is 2.47. The van der Waals surface area contributed by atoms with Crippen molar-refractivity contribution in [3.05, 3.63) is 28.2 Å². The van der Waals surface area contributed by atoms with E-state index in [9.17, 15) is 19.5 Å². The molecule has 8 nitrogen and oxygen atoms in total. The first kappa shape index (κ1) is 18.9. The fourth-order valence-corrected chi connectivity index (χ4v) is 1.86. The number of benzene rings is 1.